The van der Waals surface area contributed by atoms with Gasteiger partial charge in [-0.15, -0.1) is 0 Å². The number of aryl methyl sites for hydroxylation is 1. The van der Waals surface area contributed by atoms with Gasteiger partial charge in [-0.3, -0.25) is 15.0 Å². The molecule has 0 radical (unpaired) electrons. The highest BCUT2D eigenvalue weighted by molar-refractivity contribution is 7.73. The van der Waals surface area contributed by atoms with Gasteiger partial charge in [-0.2, -0.15) is 4.68 Å². The lowest BCUT2D eigenvalue weighted by Gasteiger charge is -2.08. The summed E-state index contributed by atoms with van der Waals surface area (Å²) >= 11 is 12.2. The van der Waals surface area contributed by atoms with E-state index in [0.717, 1.165) is 21.6 Å². The topological polar surface area (TPSA) is 83.7 Å². The van der Waals surface area contributed by atoms with E-state index in [1.165, 1.54) is 6.07 Å². The number of aromatic nitrogens is 1. The molecule has 1 aliphatic rings. The summed E-state index contributed by atoms with van der Waals surface area (Å²) in [6, 6.07) is 11.8. The second-order valence-corrected chi connectivity index (χ2v) is 8.20. The summed E-state index contributed by atoms with van der Waals surface area (Å²) in [6.07, 6.45) is 0. The Labute approximate surface area is 173 Å². The van der Waals surface area contributed by atoms with Crippen molar-refractivity contribution >= 4 is 52.5 Å². The maximum absolute atomic E-state index is 12.5. The van der Waals surface area contributed by atoms with Crippen LogP contribution in [-0.2, 0) is 4.79 Å². The first kappa shape index (κ1) is 18.5. The molecule has 4 rings (SSSR count). The summed E-state index contributed by atoms with van der Waals surface area (Å²) in [5.74, 6) is -1.28. The van der Waals surface area contributed by atoms with Crippen LogP contribution < -0.4 is 16.0 Å². The van der Waals surface area contributed by atoms with E-state index < -0.39 is 11.8 Å². The van der Waals surface area contributed by atoms with Crippen LogP contribution in [-0.4, -0.2) is 21.6 Å². The van der Waals surface area contributed by atoms with Crippen molar-refractivity contribution in [3.63, 3.8) is 0 Å². The van der Waals surface area contributed by atoms with Crippen LogP contribution >= 0.6 is 35.2 Å². The van der Waals surface area contributed by atoms with Crippen LogP contribution in [0.15, 0.2) is 47.5 Å². The fourth-order valence-corrected chi connectivity index (χ4v) is 4.32. The van der Waals surface area contributed by atoms with Crippen LogP contribution in [0, 0.1) is 10.9 Å². The number of amides is 2. The number of rotatable bonds is 3. The quantitative estimate of drug-likeness (QED) is 0.627. The van der Waals surface area contributed by atoms with Crippen molar-refractivity contribution < 1.29 is 14.7 Å². The smallest absolute Gasteiger partial charge is 0.279 e. The molecule has 0 bridgehead atoms. The molecule has 0 aliphatic carbocycles. The molecule has 0 atom stereocenters. The van der Waals surface area contributed by atoms with Gasteiger partial charge in [-0.05, 0) is 49.5 Å². The Morgan fingerprint density at radius 3 is 2.82 bits per heavy atom. The highest BCUT2D eigenvalue weighted by Crippen LogP contribution is 2.31. The van der Waals surface area contributed by atoms with Crippen molar-refractivity contribution in [2.24, 2.45) is 4.99 Å². The third-order valence-corrected chi connectivity index (χ3v) is 5.79. The van der Waals surface area contributed by atoms with E-state index in [1.807, 2.05) is 19.1 Å². The van der Waals surface area contributed by atoms with Gasteiger partial charge in [0, 0.05) is 15.8 Å². The Balaban J connectivity index is 1.80. The highest BCUT2D eigenvalue weighted by atomic mass is 35.5. The van der Waals surface area contributed by atoms with E-state index in [-0.39, 0.29) is 20.3 Å². The summed E-state index contributed by atoms with van der Waals surface area (Å²) in [7, 11) is 0. The molecule has 0 saturated heterocycles. The summed E-state index contributed by atoms with van der Waals surface area (Å²) in [5, 5.41) is 12.3. The number of thiazole rings is 1. The molecule has 2 N–H and O–H groups in total. The zero-order valence-corrected chi connectivity index (χ0v) is 16.8. The van der Waals surface area contributed by atoms with E-state index >= 15 is 0 Å². The number of benzene rings is 2. The molecule has 2 amide bonds. The first-order chi connectivity index (χ1) is 13.3. The van der Waals surface area contributed by atoms with Crippen LogP contribution in [0.3, 0.4) is 0 Å². The van der Waals surface area contributed by atoms with Gasteiger partial charge in [-0.1, -0.05) is 40.6 Å². The first-order valence-electron chi connectivity index (χ1n) is 8.11. The normalized spacial score (nSPS) is 12.6. The predicted molar refractivity (Wildman–Crippen MR) is 109 cm³/mol. The molecule has 2 aromatic carbocycles. The molecule has 0 saturated carbocycles. The van der Waals surface area contributed by atoms with Gasteiger partial charge < -0.3 is 5.11 Å². The molecule has 1 aromatic heterocycles. The Bertz CT molecular complexity index is 1340. The molecule has 3 aromatic rings. The minimum Gasteiger partial charge on any atom is -0.492 e. The molecule has 28 heavy (non-hydrogen) atoms. The zero-order chi connectivity index (χ0) is 20.0. The number of carbonyl (C=O) groups excluding carboxylic acids is 2. The van der Waals surface area contributed by atoms with Crippen molar-refractivity contribution in [2.45, 2.75) is 6.92 Å². The van der Waals surface area contributed by atoms with Gasteiger partial charge in [0.25, 0.3) is 11.8 Å². The molecule has 0 fully saturated rings. The van der Waals surface area contributed by atoms with E-state index in [2.05, 4.69) is 10.4 Å². The largest absolute Gasteiger partial charge is 0.492 e. The minimum atomic E-state index is -0.498. The Morgan fingerprint density at radius 1 is 1.29 bits per heavy atom. The minimum absolute atomic E-state index is 0.185. The van der Waals surface area contributed by atoms with Gasteiger partial charge in [-0.25, -0.2) is 4.99 Å². The summed E-state index contributed by atoms with van der Waals surface area (Å²) in [6.45, 7) is 1.90. The van der Waals surface area contributed by atoms with Gasteiger partial charge in [0.2, 0.25) is 5.88 Å². The summed E-state index contributed by atoms with van der Waals surface area (Å²) in [5.41, 5.74) is 4.07. The van der Waals surface area contributed by atoms with Gasteiger partial charge in [0.15, 0.2) is 3.95 Å². The lowest BCUT2D eigenvalue weighted by molar-refractivity contribution is -0.112. The third-order valence-electron chi connectivity index (χ3n) is 4.17. The number of nitrogens with zero attached hydrogens (tertiary/aromatic N) is 2. The second-order valence-electron chi connectivity index (χ2n) is 6.12. The van der Waals surface area contributed by atoms with E-state index in [1.54, 1.807) is 24.3 Å². The number of carbonyl (C=O) groups is 2. The average Bonchev–Trinajstić information content (AvgIpc) is 3.11. The number of fused-ring (bicyclic) bond motifs is 1. The van der Waals surface area contributed by atoms with Crippen LogP contribution in [0.1, 0.15) is 20.8 Å². The SMILES string of the molecule is Cc1ccc2c(c1)=C(c1sc(=S)n(NC(=O)c3cccc(Cl)c3)c1O)C(=O)N=2. The number of hydrogen-bond donors (Lipinski definition) is 2. The van der Waals surface area contributed by atoms with Crippen molar-refractivity contribution in [3.05, 3.63) is 78.0 Å². The molecular weight excluding hydrogens is 418 g/mol. The highest BCUT2D eigenvalue weighted by Gasteiger charge is 2.26. The van der Waals surface area contributed by atoms with Crippen LogP contribution in [0.2, 0.25) is 5.02 Å². The maximum atomic E-state index is 12.5. The molecule has 0 unspecified atom stereocenters. The number of aromatic hydroxyl groups is 1. The second kappa shape index (κ2) is 6.97. The van der Waals surface area contributed by atoms with Crippen molar-refractivity contribution in [3.8, 4) is 5.88 Å². The first-order valence-corrected chi connectivity index (χ1v) is 9.71. The molecule has 140 valence electrons. The van der Waals surface area contributed by atoms with E-state index in [9.17, 15) is 14.7 Å². The van der Waals surface area contributed by atoms with Crippen molar-refractivity contribution in [1.82, 2.24) is 4.68 Å². The molecule has 9 heteroatoms. The number of nitrogens with one attached hydrogen (secondary N) is 1. The molecule has 2 heterocycles. The standard InChI is InChI=1S/C19H12ClN3O3S2/c1-9-5-6-13-12(7-9)14(17(25)21-13)15-18(26)23(19(27)28-15)22-16(24)10-3-2-4-11(20)8-10/h2-8,26H,1H3,(H,22,24). The number of halogens is 1. The van der Waals surface area contributed by atoms with E-state index in [0.29, 0.717) is 21.2 Å². The number of hydrogen-bond acceptors (Lipinski definition) is 5. The monoisotopic (exact) mass is 429 g/mol. The van der Waals surface area contributed by atoms with Crippen LogP contribution in [0.25, 0.3) is 5.57 Å². The Morgan fingerprint density at radius 2 is 2.07 bits per heavy atom. The van der Waals surface area contributed by atoms with E-state index in [4.69, 9.17) is 23.8 Å². The fraction of sp³-hybridized carbons (Fsp3) is 0.0526. The molecule has 6 nitrogen and oxygen atoms in total. The summed E-state index contributed by atoms with van der Waals surface area (Å²) in [4.78, 5) is 29.2. The third kappa shape index (κ3) is 3.15. The van der Waals surface area contributed by atoms with Crippen LogP contribution in [0.5, 0.6) is 5.88 Å². The fourth-order valence-electron chi connectivity index (χ4n) is 2.87. The predicted octanol–water partition coefficient (Wildman–Crippen LogP) is 2.69. The van der Waals surface area contributed by atoms with Crippen LogP contribution in [0.4, 0.5) is 0 Å². The lowest BCUT2D eigenvalue weighted by Crippen LogP contribution is -2.24. The van der Waals surface area contributed by atoms with Gasteiger partial charge >= 0.3 is 0 Å². The molecular formula is C19H12ClN3O3S2. The molecule has 0 spiro atoms. The molecule has 1 aliphatic heterocycles. The van der Waals surface area contributed by atoms with Gasteiger partial charge in [0.05, 0.1) is 10.9 Å². The van der Waals surface area contributed by atoms with Gasteiger partial charge in [0.1, 0.15) is 4.88 Å². The van der Waals surface area contributed by atoms with Crippen molar-refractivity contribution in [2.75, 3.05) is 5.43 Å². The van der Waals surface area contributed by atoms with Crippen molar-refractivity contribution in [1.29, 1.82) is 0 Å². The summed E-state index contributed by atoms with van der Waals surface area (Å²) < 4.78 is 1.26. The Hall–Kier alpha value is -2.81. The Kier molecular flexibility index (Phi) is 4.62. The average molecular weight is 430 g/mol. The zero-order valence-electron chi connectivity index (χ0n) is 14.4. The maximum Gasteiger partial charge on any atom is 0.279 e. The lowest BCUT2D eigenvalue weighted by atomic mass is 10.1.